The van der Waals surface area contributed by atoms with E-state index in [0.29, 0.717) is 6.54 Å². The maximum Gasteiger partial charge on any atom is 0.320 e. The Morgan fingerprint density at radius 1 is 1.29 bits per heavy atom. The number of benzene rings is 1. The Morgan fingerprint density at radius 3 is 2.62 bits per heavy atom. The minimum atomic E-state index is -0.258. The lowest BCUT2D eigenvalue weighted by atomic mass is 10.2. The summed E-state index contributed by atoms with van der Waals surface area (Å²) in [6.07, 6.45) is 0. The van der Waals surface area contributed by atoms with Gasteiger partial charge in [-0.1, -0.05) is 22.0 Å². The van der Waals surface area contributed by atoms with Crippen molar-refractivity contribution in [3.05, 3.63) is 24.3 Å². The van der Waals surface area contributed by atoms with E-state index in [1.54, 1.807) is 7.11 Å². The van der Waals surface area contributed by atoms with Crippen molar-refractivity contribution in [1.29, 1.82) is 0 Å². The minimum Gasteiger partial charge on any atom is -0.497 e. The zero-order valence-electron chi connectivity index (χ0n) is 12.4. The van der Waals surface area contributed by atoms with E-state index in [4.69, 9.17) is 9.47 Å². The number of anilines is 1. The summed E-state index contributed by atoms with van der Waals surface area (Å²) in [7, 11) is 3.09. The van der Waals surface area contributed by atoms with Gasteiger partial charge in [0.2, 0.25) is 0 Å². The molecular weight excluding hydrogens is 336 g/mol. The Labute approximate surface area is 133 Å². The van der Waals surface area contributed by atoms with E-state index in [-0.39, 0.29) is 10.8 Å². The molecule has 1 aliphatic rings. The molecule has 0 aromatic heterocycles. The lowest BCUT2D eigenvalue weighted by Gasteiger charge is -2.36. The van der Waals surface area contributed by atoms with Gasteiger partial charge in [0, 0.05) is 44.5 Å². The first-order valence-electron chi connectivity index (χ1n) is 6.97. The van der Waals surface area contributed by atoms with Crippen LogP contribution in [0.25, 0.3) is 0 Å². The van der Waals surface area contributed by atoms with Crippen molar-refractivity contribution in [2.75, 3.05) is 51.8 Å². The molecule has 0 N–H and O–H groups in total. The standard InChI is InChI=1S/C15H21BrN2O3/c1-20-13-5-3-4-12(10-13)18-8-6-17(7-9-18)11-14(16)15(19)21-2/h3-5,10,14H,6-9,11H2,1-2H3. The molecule has 1 unspecified atom stereocenters. The van der Waals surface area contributed by atoms with E-state index in [2.05, 4.69) is 37.9 Å². The highest BCUT2D eigenvalue weighted by Crippen LogP contribution is 2.22. The predicted molar refractivity (Wildman–Crippen MR) is 86.4 cm³/mol. The Bertz CT molecular complexity index is 476. The average Bonchev–Trinajstić information content (AvgIpc) is 2.54. The molecule has 2 rings (SSSR count). The SMILES string of the molecule is COC(=O)C(Br)CN1CCN(c2cccc(OC)c2)CC1. The average molecular weight is 357 g/mol. The Kier molecular flexibility index (Phi) is 5.87. The first-order valence-corrected chi connectivity index (χ1v) is 7.89. The second-order valence-electron chi connectivity index (χ2n) is 4.98. The molecule has 0 aliphatic carbocycles. The lowest BCUT2D eigenvalue weighted by Crippen LogP contribution is -2.48. The largest absolute Gasteiger partial charge is 0.497 e. The summed E-state index contributed by atoms with van der Waals surface area (Å²) in [5.41, 5.74) is 1.18. The van der Waals surface area contributed by atoms with Crippen LogP contribution >= 0.6 is 15.9 Å². The summed E-state index contributed by atoms with van der Waals surface area (Å²) in [6, 6.07) is 8.11. The van der Waals surface area contributed by atoms with E-state index >= 15 is 0 Å². The highest BCUT2D eigenvalue weighted by molar-refractivity contribution is 9.10. The third kappa shape index (κ3) is 4.35. The van der Waals surface area contributed by atoms with Crippen molar-refractivity contribution in [1.82, 2.24) is 4.90 Å². The molecule has 0 spiro atoms. The van der Waals surface area contributed by atoms with Crippen LogP contribution in [0.3, 0.4) is 0 Å². The van der Waals surface area contributed by atoms with Gasteiger partial charge in [-0.3, -0.25) is 9.69 Å². The van der Waals surface area contributed by atoms with E-state index in [0.717, 1.165) is 31.9 Å². The van der Waals surface area contributed by atoms with Crippen molar-refractivity contribution in [2.45, 2.75) is 4.83 Å². The van der Waals surface area contributed by atoms with Crippen LogP contribution in [0.2, 0.25) is 0 Å². The summed E-state index contributed by atoms with van der Waals surface area (Å²) in [6.45, 7) is 4.41. The number of halogens is 1. The van der Waals surface area contributed by atoms with Crippen molar-refractivity contribution >= 4 is 27.6 Å². The zero-order valence-corrected chi connectivity index (χ0v) is 14.0. The van der Waals surface area contributed by atoms with Gasteiger partial charge in [-0.15, -0.1) is 0 Å². The molecular formula is C15H21BrN2O3. The number of hydrogen-bond acceptors (Lipinski definition) is 5. The van der Waals surface area contributed by atoms with Crippen LogP contribution in [0.1, 0.15) is 0 Å². The Hall–Kier alpha value is -1.27. The fourth-order valence-corrected chi connectivity index (χ4v) is 3.02. The summed E-state index contributed by atoms with van der Waals surface area (Å²) in [5.74, 6) is 0.659. The van der Waals surface area contributed by atoms with Crippen LogP contribution < -0.4 is 9.64 Å². The van der Waals surface area contributed by atoms with Gasteiger partial charge < -0.3 is 14.4 Å². The zero-order chi connectivity index (χ0) is 15.2. The van der Waals surface area contributed by atoms with Crippen molar-refractivity contribution in [3.8, 4) is 5.75 Å². The molecule has 0 bridgehead atoms. The number of carbonyl (C=O) groups excluding carboxylic acids is 1. The molecule has 1 fully saturated rings. The predicted octanol–water partition coefficient (Wildman–Crippen LogP) is 1.75. The van der Waals surface area contributed by atoms with Crippen molar-refractivity contribution in [2.24, 2.45) is 0 Å². The highest BCUT2D eigenvalue weighted by Gasteiger charge is 2.23. The first-order chi connectivity index (χ1) is 10.1. The number of hydrogen-bond donors (Lipinski definition) is 0. The molecule has 1 atom stereocenters. The number of nitrogens with zero attached hydrogens (tertiary/aromatic N) is 2. The van der Waals surface area contributed by atoms with E-state index in [1.807, 2.05) is 12.1 Å². The van der Waals surface area contributed by atoms with Gasteiger partial charge in [0.05, 0.1) is 14.2 Å². The number of ether oxygens (including phenoxy) is 2. The van der Waals surface area contributed by atoms with Crippen LogP contribution in [0.4, 0.5) is 5.69 Å². The molecule has 1 saturated heterocycles. The molecule has 0 saturated carbocycles. The van der Waals surface area contributed by atoms with Crippen LogP contribution in [0.15, 0.2) is 24.3 Å². The fraction of sp³-hybridized carbons (Fsp3) is 0.533. The van der Waals surface area contributed by atoms with Gasteiger partial charge in [-0.25, -0.2) is 0 Å². The number of alkyl halides is 1. The lowest BCUT2D eigenvalue weighted by molar-refractivity contribution is -0.140. The summed E-state index contributed by atoms with van der Waals surface area (Å²) in [4.78, 5) is 15.8. The third-order valence-corrected chi connectivity index (χ3v) is 4.33. The van der Waals surface area contributed by atoms with Crippen molar-refractivity contribution < 1.29 is 14.3 Å². The molecule has 116 valence electrons. The normalized spacial score (nSPS) is 17.4. The third-order valence-electron chi connectivity index (χ3n) is 3.67. The smallest absolute Gasteiger partial charge is 0.320 e. The number of carbonyl (C=O) groups is 1. The number of methoxy groups -OCH3 is 2. The van der Waals surface area contributed by atoms with E-state index in [9.17, 15) is 4.79 Å². The maximum absolute atomic E-state index is 11.4. The molecule has 0 radical (unpaired) electrons. The fourth-order valence-electron chi connectivity index (χ4n) is 2.42. The second-order valence-corrected chi connectivity index (χ2v) is 6.09. The van der Waals surface area contributed by atoms with Gasteiger partial charge in [0.25, 0.3) is 0 Å². The van der Waals surface area contributed by atoms with Gasteiger partial charge in [0.15, 0.2) is 0 Å². The summed E-state index contributed by atoms with van der Waals surface area (Å²) < 4.78 is 10.00. The monoisotopic (exact) mass is 356 g/mol. The molecule has 6 heteroatoms. The second kappa shape index (κ2) is 7.66. The minimum absolute atomic E-state index is 0.217. The molecule has 5 nitrogen and oxygen atoms in total. The summed E-state index contributed by atoms with van der Waals surface area (Å²) >= 11 is 3.37. The van der Waals surface area contributed by atoms with Gasteiger partial charge in [-0.2, -0.15) is 0 Å². The van der Waals surface area contributed by atoms with Gasteiger partial charge in [0.1, 0.15) is 10.6 Å². The maximum atomic E-state index is 11.4. The van der Waals surface area contributed by atoms with Crippen LogP contribution in [-0.2, 0) is 9.53 Å². The van der Waals surface area contributed by atoms with Gasteiger partial charge >= 0.3 is 5.97 Å². The van der Waals surface area contributed by atoms with Crippen LogP contribution in [-0.4, -0.2) is 62.6 Å². The van der Waals surface area contributed by atoms with Crippen molar-refractivity contribution in [3.63, 3.8) is 0 Å². The molecule has 1 aliphatic heterocycles. The van der Waals surface area contributed by atoms with Gasteiger partial charge in [-0.05, 0) is 12.1 Å². The van der Waals surface area contributed by atoms with Crippen LogP contribution in [0, 0.1) is 0 Å². The topological polar surface area (TPSA) is 42.0 Å². The summed E-state index contributed by atoms with van der Waals surface area (Å²) in [5, 5.41) is 0. The molecule has 21 heavy (non-hydrogen) atoms. The molecule has 1 aromatic carbocycles. The highest BCUT2D eigenvalue weighted by atomic mass is 79.9. The Balaban J connectivity index is 1.86. The number of rotatable bonds is 5. The molecule has 0 amide bonds. The van der Waals surface area contributed by atoms with E-state index in [1.165, 1.54) is 12.8 Å². The molecule has 1 heterocycles. The molecule has 1 aromatic rings. The van der Waals surface area contributed by atoms with Crippen LogP contribution in [0.5, 0.6) is 5.75 Å². The number of esters is 1. The number of piperazine rings is 1. The first kappa shape index (κ1) is 16.1. The quantitative estimate of drug-likeness (QED) is 0.593. The van der Waals surface area contributed by atoms with E-state index < -0.39 is 0 Å². The Morgan fingerprint density at radius 2 is 2.00 bits per heavy atom.